The third kappa shape index (κ3) is 3.04. The van der Waals surface area contributed by atoms with Gasteiger partial charge in [0, 0.05) is 0 Å². The van der Waals surface area contributed by atoms with E-state index < -0.39 is 6.10 Å². The van der Waals surface area contributed by atoms with Crippen molar-refractivity contribution >= 4 is 0 Å². The molecule has 1 aromatic carbocycles. The maximum Gasteiger partial charge on any atom is 0.121 e. The van der Waals surface area contributed by atoms with E-state index in [9.17, 15) is 5.11 Å². The van der Waals surface area contributed by atoms with Crippen LogP contribution >= 0.6 is 0 Å². The summed E-state index contributed by atoms with van der Waals surface area (Å²) in [4.78, 5) is 0. The summed E-state index contributed by atoms with van der Waals surface area (Å²) in [6.45, 7) is 5.71. The number of rotatable bonds is 4. The average Bonchev–Trinajstić information content (AvgIpc) is 2.19. The summed E-state index contributed by atoms with van der Waals surface area (Å²) in [6.07, 6.45) is 0.426. The molecule has 0 fully saturated rings. The number of aliphatic hydroxyl groups is 1. The van der Waals surface area contributed by atoms with Crippen LogP contribution in [0.3, 0.4) is 0 Å². The van der Waals surface area contributed by atoms with Gasteiger partial charge in [-0.2, -0.15) is 0 Å². The third-order valence-electron chi connectivity index (χ3n) is 2.33. The summed E-state index contributed by atoms with van der Waals surface area (Å²) in [5.74, 6) is 0.815. The molecule has 0 spiro atoms. The average molecular weight is 194 g/mol. The Morgan fingerprint density at radius 2 is 1.79 bits per heavy atom. The molecule has 0 aliphatic carbocycles. The van der Waals surface area contributed by atoms with Crippen LogP contribution in [0.5, 0.6) is 5.75 Å². The minimum atomic E-state index is -0.444. The van der Waals surface area contributed by atoms with Gasteiger partial charge in [-0.25, -0.2) is 0 Å². The fourth-order valence-corrected chi connectivity index (χ4v) is 1.12. The van der Waals surface area contributed by atoms with Crippen molar-refractivity contribution < 1.29 is 9.84 Å². The lowest BCUT2D eigenvalue weighted by Crippen LogP contribution is -2.25. The molecule has 14 heavy (non-hydrogen) atoms. The van der Waals surface area contributed by atoms with E-state index in [1.807, 2.05) is 31.2 Å². The van der Waals surface area contributed by atoms with E-state index in [2.05, 4.69) is 6.92 Å². The Labute approximate surface area is 85.5 Å². The van der Waals surface area contributed by atoms with Crippen LogP contribution in [0.2, 0.25) is 0 Å². The van der Waals surface area contributed by atoms with Crippen LogP contribution in [-0.2, 0) is 6.42 Å². The maximum atomic E-state index is 9.26. The van der Waals surface area contributed by atoms with Gasteiger partial charge in [-0.05, 0) is 38.0 Å². The van der Waals surface area contributed by atoms with Gasteiger partial charge in [0.1, 0.15) is 11.9 Å². The normalized spacial score (nSPS) is 14.9. The Hall–Kier alpha value is -1.02. The van der Waals surface area contributed by atoms with Crippen LogP contribution in [0.15, 0.2) is 24.3 Å². The lowest BCUT2D eigenvalue weighted by molar-refractivity contribution is 0.0604. The van der Waals surface area contributed by atoms with Crippen molar-refractivity contribution in [1.82, 2.24) is 0 Å². The predicted molar refractivity (Wildman–Crippen MR) is 57.6 cm³/mol. The molecule has 1 aromatic rings. The molecule has 78 valence electrons. The van der Waals surface area contributed by atoms with Gasteiger partial charge in [0.2, 0.25) is 0 Å². The molecule has 0 bridgehead atoms. The molecule has 0 aromatic heterocycles. The fraction of sp³-hybridized carbons (Fsp3) is 0.500. The Morgan fingerprint density at radius 3 is 2.21 bits per heavy atom. The second-order valence-corrected chi connectivity index (χ2v) is 3.56. The van der Waals surface area contributed by atoms with Gasteiger partial charge in [-0.15, -0.1) is 0 Å². The van der Waals surface area contributed by atoms with Crippen molar-refractivity contribution in [3.8, 4) is 5.75 Å². The SMILES string of the molecule is CCc1ccc(OC(C)[C@H](C)O)cc1. The van der Waals surface area contributed by atoms with Crippen LogP contribution < -0.4 is 4.74 Å². The van der Waals surface area contributed by atoms with Gasteiger partial charge in [0.05, 0.1) is 6.10 Å². The highest BCUT2D eigenvalue weighted by molar-refractivity contribution is 5.27. The number of hydrogen-bond acceptors (Lipinski definition) is 2. The molecule has 2 atom stereocenters. The Morgan fingerprint density at radius 1 is 1.21 bits per heavy atom. The van der Waals surface area contributed by atoms with Crippen LogP contribution in [0.1, 0.15) is 26.3 Å². The van der Waals surface area contributed by atoms with Crippen molar-refractivity contribution in [2.24, 2.45) is 0 Å². The van der Waals surface area contributed by atoms with Gasteiger partial charge in [-0.1, -0.05) is 19.1 Å². The summed E-state index contributed by atoms with van der Waals surface area (Å²) in [6, 6.07) is 7.98. The van der Waals surface area contributed by atoms with E-state index in [0.717, 1.165) is 12.2 Å². The van der Waals surface area contributed by atoms with E-state index in [0.29, 0.717) is 0 Å². The van der Waals surface area contributed by atoms with Crippen molar-refractivity contribution in [3.63, 3.8) is 0 Å². The summed E-state index contributed by atoms with van der Waals surface area (Å²) < 4.78 is 5.53. The summed E-state index contributed by atoms with van der Waals surface area (Å²) in [5, 5.41) is 9.26. The Kier molecular flexibility index (Phi) is 3.96. The number of ether oxygens (including phenoxy) is 1. The zero-order valence-electron chi connectivity index (χ0n) is 9.03. The molecule has 0 aliphatic rings. The van der Waals surface area contributed by atoms with Gasteiger partial charge < -0.3 is 9.84 Å². The van der Waals surface area contributed by atoms with E-state index in [1.54, 1.807) is 6.92 Å². The Bertz CT molecular complexity index is 264. The van der Waals surface area contributed by atoms with Crippen molar-refractivity contribution in [3.05, 3.63) is 29.8 Å². The van der Waals surface area contributed by atoms with E-state index >= 15 is 0 Å². The molecule has 0 saturated carbocycles. The lowest BCUT2D eigenvalue weighted by Gasteiger charge is -2.17. The van der Waals surface area contributed by atoms with Gasteiger partial charge in [-0.3, -0.25) is 0 Å². The number of benzene rings is 1. The van der Waals surface area contributed by atoms with Crippen LogP contribution in [0.4, 0.5) is 0 Å². The number of aliphatic hydroxyl groups excluding tert-OH is 1. The highest BCUT2D eigenvalue weighted by Gasteiger charge is 2.09. The zero-order valence-corrected chi connectivity index (χ0v) is 9.03. The van der Waals surface area contributed by atoms with Gasteiger partial charge in [0.25, 0.3) is 0 Å². The molecule has 1 rings (SSSR count). The fourth-order valence-electron chi connectivity index (χ4n) is 1.12. The minimum absolute atomic E-state index is 0.164. The van der Waals surface area contributed by atoms with E-state index in [1.165, 1.54) is 5.56 Å². The first-order chi connectivity index (χ1) is 6.63. The highest BCUT2D eigenvalue weighted by Crippen LogP contribution is 2.15. The van der Waals surface area contributed by atoms with E-state index in [-0.39, 0.29) is 6.10 Å². The molecule has 0 heterocycles. The second kappa shape index (κ2) is 5.01. The van der Waals surface area contributed by atoms with Crippen LogP contribution in [-0.4, -0.2) is 17.3 Å². The largest absolute Gasteiger partial charge is 0.488 e. The molecule has 0 saturated heterocycles. The molecular formula is C12H18O2. The summed E-state index contributed by atoms with van der Waals surface area (Å²) >= 11 is 0. The Balaban J connectivity index is 2.59. The predicted octanol–water partition coefficient (Wildman–Crippen LogP) is 2.40. The quantitative estimate of drug-likeness (QED) is 0.797. The molecule has 0 radical (unpaired) electrons. The number of hydrogen-bond donors (Lipinski definition) is 1. The summed E-state index contributed by atoms with van der Waals surface area (Å²) in [5.41, 5.74) is 1.29. The first kappa shape index (κ1) is 11.1. The molecule has 1 unspecified atom stereocenters. The highest BCUT2D eigenvalue weighted by atomic mass is 16.5. The maximum absolute atomic E-state index is 9.26. The summed E-state index contributed by atoms with van der Waals surface area (Å²) in [7, 11) is 0. The molecular weight excluding hydrogens is 176 g/mol. The van der Waals surface area contributed by atoms with Crippen LogP contribution in [0, 0.1) is 0 Å². The van der Waals surface area contributed by atoms with Crippen LogP contribution in [0.25, 0.3) is 0 Å². The third-order valence-corrected chi connectivity index (χ3v) is 2.33. The molecule has 0 aliphatic heterocycles. The van der Waals surface area contributed by atoms with E-state index in [4.69, 9.17) is 4.74 Å². The van der Waals surface area contributed by atoms with Crippen molar-refractivity contribution in [2.75, 3.05) is 0 Å². The second-order valence-electron chi connectivity index (χ2n) is 3.56. The smallest absolute Gasteiger partial charge is 0.121 e. The van der Waals surface area contributed by atoms with Crippen molar-refractivity contribution in [1.29, 1.82) is 0 Å². The molecule has 2 heteroatoms. The lowest BCUT2D eigenvalue weighted by atomic mass is 10.2. The topological polar surface area (TPSA) is 29.5 Å². The first-order valence-electron chi connectivity index (χ1n) is 5.07. The first-order valence-corrected chi connectivity index (χ1v) is 5.07. The standard InChI is InChI=1S/C12H18O2/c1-4-11-5-7-12(8-6-11)14-10(3)9(2)13/h5-10,13H,4H2,1-3H3/t9-,10?/m0/s1. The van der Waals surface area contributed by atoms with Crippen molar-refractivity contribution in [2.45, 2.75) is 39.4 Å². The van der Waals surface area contributed by atoms with Gasteiger partial charge >= 0.3 is 0 Å². The van der Waals surface area contributed by atoms with Gasteiger partial charge in [0.15, 0.2) is 0 Å². The zero-order chi connectivity index (χ0) is 10.6. The molecule has 0 amide bonds. The molecule has 2 nitrogen and oxygen atoms in total. The molecule has 1 N–H and O–H groups in total. The monoisotopic (exact) mass is 194 g/mol. The minimum Gasteiger partial charge on any atom is -0.488 e. The number of aryl methyl sites for hydroxylation is 1.